The largest absolute Gasteiger partial charge is 0.345 e. The van der Waals surface area contributed by atoms with Crippen molar-refractivity contribution in [1.29, 1.82) is 0 Å². The second kappa shape index (κ2) is 31.8. The van der Waals surface area contributed by atoms with Gasteiger partial charge in [-0.3, -0.25) is 0 Å². The zero-order valence-electron chi connectivity index (χ0n) is 84.2. The summed E-state index contributed by atoms with van der Waals surface area (Å²) in [5.41, 5.74) is 59.1. The van der Waals surface area contributed by atoms with Crippen LogP contribution in [0.5, 0.6) is 0 Å². The lowest BCUT2D eigenvalue weighted by Gasteiger charge is -2.39. The Morgan fingerprint density at radius 2 is 0.517 bits per heavy atom. The molecule has 0 amide bonds. The van der Waals surface area contributed by atoms with Gasteiger partial charge in [-0.15, -0.1) is 11.3 Å². The van der Waals surface area contributed by atoms with Crippen LogP contribution in [-0.4, -0.2) is 73.3 Å². The maximum absolute atomic E-state index is 2.51. The van der Waals surface area contributed by atoms with Crippen molar-refractivity contribution in [3.8, 4) is 67.3 Å². The van der Waals surface area contributed by atoms with Gasteiger partial charge in [-0.25, -0.2) is 0 Å². The maximum Gasteiger partial charge on any atom is 0.252 e. The van der Waals surface area contributed by atoms with Gasteiger partial charge in [0.1, 0.15) is 0 Å². The summed E-state index contributed by atoms with van der Waals surface area (Å²) in [5, 5.41) is 15.9. The summed E-state index contributed by atoms with van der Waals surface area (Å²) in [6.07, 6.45) is 0. The molecule has 0 unspecified atom stereocenters. The second-order valence-corrected chi connectivity index (χ2v) is 43.0. The lowest BCUT2D eigenvalue weighted by molar-refractivity contribution is 1.04. The normalized spacial score (nSPS) is 13.3. The maximum atomic E-state index is 2.51. The first-order chi connectivity index (χ1) is 72.0. The minimum absolute atomic E-state index is 0.207. The van der Waals surface area contributed by atoms with Crippen LogP contribution in [0, 0.1) is 55.4 Å². The molecule has 33 rings (SSSR count). The smallest absolute Gasteiger partial charge is 0.252 e. The molecule has 0 saturated heterocycles. The molecule has 20 aromatic carbocycles. The van der Waals surface area contributed by atoms with Gasteiger partial charge < -0.3 is 37.9 Å². The van der Waals surface area contributed by atoms with E-state index in [2.05, 4.69) is 510 Å². The first kappa shape index (κ1) is 85.6. The third-order valence-corrected chi connectivity index (χ3v) is 36.3. The zero-order valence-corrected chi connectivity index (χ0v) is 85.1. The van der Waals surface area contributed by atoms with Crippen molar-refractivity contribution in [2.24, 2.45) is 0 Å². The highest BCUT2D eigenvalue weighted by Gasteiger charge is 2.47. The predicted octanol–water partition coefficient (Wildman–Crippen LogP) is 25.1. The van der Waals surface area contributed by atoms with E-state index in [0.29, 0.717) is 0 Å². The lowest BCUT2D eigenvalue weighted by atomic mass is 9.33. The highest BCUT2D eigenvalue weighted by Crippen LogP contribution is 2.48. The molecule has 694 valence electrons. The fourth-order valence-electron chi connectivity index (χ4n) is 27.9. The molecule has 0 aliphatic carbocycles. The van der Waals surface area contributed by atoms with Crippen molar-refractivity contribution in [2.45, 2.75) is 55.4 Å². The zero-order chi connectivity index (χ0) is 98.4. The van der Waals surface area contributed by atoms with E-state index < -0.39 is 0 Å². The van der Waals surface area contributed by atoms with Crippen molar-refractivity contribution < 1.29 is 0 Å². The molecule has 25 aromatic rings. The number of hydrogen-bond acceptors (Lipinski definition) is 5. The van der Waals surface area contributed by atoms with Crippen LogP contribution < -0.4 is 85.2 Å². The molecule has 8 aliphatic heterocycles. The Hall–Kier alpha value is -17.0. The molecule has 0 radical (unpaired) electrons. The molecular formula is C134H100B4N8S. The van der Waals surface area contributed by atoms with Crippen molar-refractivity contribution in [3.63, 3.8) is 0 Å². The van der Waals surface area contributed by atoms with Crippen molar-refractivity contribution >= 4 is 245 Å². The standard InChI is InChI=1S/C39H29BN2.2C33H25BN2.C29H21BN2S/c1-24-25(2)42-36-18-10-17-35-38(36)40(34-16-9-15-28(24)39(34)42)33-22-19-27(23-37(33)41(35)3)30-21-20-29(26-11-5-4-6-12-26)31-13-7-8-14-32(30)31;1-20-21(2)36-30-16-8-15-29-32(30)34(28-14-7-12-24(20)33(28)36)27-18-17-23(19-31(27)35(29)3)26-13-6-10-22-9-4-5-11-25(22)26;1-20-21(2)36-30-16-8-15-29-31(30)34(28-14-6-11-25(20)33(28)36)27-13-7-12-26(32(27)35(29)3)24-18-17-22-9-4-5-10-23(22)19-24;1-16-17(2)32-24-12-7-11-23-28(24)30(21-10-6-9-18(16)29(21)32)22-15-27-20(14-25(22)31(23)3)19-8-4-5-13-26(19)33-27/h4-23H,1-3H3;2*4-19H,1-3H3;4-15H,1-3H3. The summed E-state index contributed by atoms with van der Waals surface area (Å²) in [4.78, 5) is 9.64. The lowest BCUT2D eigenvalue weighted by Crippen LogP contribution is -2.60. The van der Waals surface area contributed by atoms with E-state index in [1.807, 2.05) is 11.3 Å². The molecular weight excluding hydrogens is 1800 g/mol. The monoisotopic (exact) mass is 1900 g/mol. The molecule has 0 spiro atoms. The Balaban J connectivity index is 0.0000000909. The fraction of sp³-hybridized carbons (Fsp3) is 0.0896. The Labute approximate surface area is 860 Å². The predicted molar refractivity (Wildman–Crippen MR) is 635 cm³/mol. The number of thiophene rings is 1. The molecule has 0 saturated carbocycles. The van der Waals surface area contributed by atoms with Gasteiger partial charge in [-0.05, 0) is 299 Å². The van der Waals surface area contributed by atoms with Crippen molar-refractivity contribution in [1.82, 2.24) is 18.3 Å². The second-order valence-electron chi connectivity index (χ2n) is 41.9. The van der Waals surface area contributed by atoms with E-state index in [1.54, 1.807) is 0 Å². The fourth-order valence-corrected chi connectivity index (χ4v) is 29.0. The van der Waals surface area contributed by atoms with Crippen LogP contribution in [-0.2, 0) is 0 Å². The Morgan fingerprint density at radius 1 is 0.184 bits per heavy atom. The number of para-hydroxylation sites is 5. The first-order valence-electron chi connectivity index (χ1n) is 51.8. The van der Waals surface area contributed by atoms with E-state index in [4.69, 9.17) is 0 Å². The summed E-state index contributed by atoms with van der Waals surface area (Å²) in [7, 11) is 8.92. The van der Waals surface area contributed by atoms with Gasteiger partial charge in [0.05, 0.1) is 0 Å². The molecule has 8 aliphatic rings. The average molecular weight is 1900 g/mol. The van der Waals surface area contributed by atoms with E-state index in [-0.39, 0.29) is 26.9 Å². The van der Waals surface area contributed by atoms with E-state index in [1.165, 1.54) is 319 Å². The summed E-state index contributed by atoms with van der Waals surface area (Å²) < 4.78 is 12.8. The van der Waals surface area contributed by atoms with E-state index >= 15 is 0 Å². The van der Waals surface area contributed by atoms with E-state index in [0.717, 1.165) is 0 Å². The molecule has 0 fully saturated rings. The van der Waals surface area contributed by atoms with Crippen LogP contribution in [0.25, 0.3) is 163 Å². The van der Waals surface area contributed by atoms with Crippen LogP contribution in [0.3, 0.4) is 0 Å². The van der Waals surface area contributed by atoms with Gasteiger partial charge in [0.15, 0.2) is 0 Å². The van der Waals surface area contributed by atoms with Gasteiger partial charge >= 0.3 is 0 Å². The van der Waals surface area contributed by atoms with Gasteiger partial charge in [-0.2, -0.15) is 0 Å². The molecule has 147 heavy (non-hydrogen) atoms. The highest BCUT2D eigenvalue weighted by molar-refractivity contribution is 7.26. The van der Waals surface area contributed by atoms with Crippen molar-refractivity contribution in [3.05, 3.63) is 433 Å². The van der Waals surface area contributed by atoms with Gasteiger partial charge in [0.25, 0.3) is 26.9 Å². The number of aromatic nitrogens is 4. The van der Waals surface area contributed by atoms with Gasteiger partial charge in [0, 0.05) is 189 Å². The van der Waals surface area contributed by atoms with Gasteiger partial charge in [0.2, 0.25) is 0 Å². The third-order valence-electron chi connectivity index (χ3n) is 35.1. The van der Waals surface area contributed by atoms with Crippen molar-refractivity contribution in [2.75, 3.05) is 47.8 Å². The minimum atomic E-state index is 0.207. The number of hydrogen-bond donors (Lipinski definition) is 0. The Kier molecular flexibility index (Phi) is 18.5. The number of fused-ring (bicyclic) bond motifs is 22. The van der Waals surface area contributed by atoms with Crippen LogP contribution in [0.4, 0.5) is 45.5 Å². The number of aryl methyl sites for hydroxylation is 4. The SMILES string of the molecule is Cc1c(C)n2c3c(cccc13)B1c3cc4sc5ccccc5c4cc3N(C)c3cccc-2c31.Cc1c(C)n2c3c(cccc13)B1c3ccc(-c4ccc(-c5ccccc5)c5ccccc45)cc3N(C)c3cccc-2c31.Cc1c(C)n2c3c(cccc13)B1c3ccc(-c4cccc5ccccc45)cc3N(C)c3cccc-2c31.Cc1c(C)n2c3c(cccc13)B1c3cccc(-c4ccc5ccccc5c4)c3N(C)c3cccc-2c31. The summed E-state index contributed by atoms with van der Waals surface area (Å²) in [6.45, 7) is 19.0. The quantitative estimate of drug-likeness (QED) is 0.164. The molecule has 0 bridgehead atoms. The summed E-state index contributed by atoms with van der Waals surface area (Å²) in [5.74, 6) is 0. The van der Waals surface area contributed by atoms with E-state index in [9.17, 15) is 0 Å². The molecule has 13 heterocycles. The van der Waals surface area contributed by atoms with Crippen LogP contribution >= 0.6 is 11.3 Å². The first-order valence-corrected chi connectivity index (χ1v) is 52.6. The number of anilines is 8. The van der Waals surface area contributed by atoms with Gasteiger partial charge in [-0.1, -0.05) is 303 Å². The van der Waals surface area contributed by atoms with Crippen LogP contribution in [0.15, 0.2) is 388 Å². The molecule has 5 aromatic heterocycles. The minimum Gasteiger partial charge on any atom is -0.345 e. The molecule has 13 heteroatoms. The third kappa shape index (κ3) is 11.9. The summed E-state index contributed by atoms with van der Waals surface area (Å²) in [6, 6.07) is 145. The topological polar surface area (TPSA) is 32.7 Å². The summed E-state index contributed by atoms with van der Waals surface area (Å²) >= 11 is 1.91. The van der Waals surface area contributed by atoms with Crippen LogP contribution in [0.2, 0.25) is 0 Å². The average Bonchev–Trinajstić information content (AvgIpc) is 1.60. The molecule has 0 N–H and O–H groups in total. The van der Waals surface area contributed by atoms with Crippen LogP contribution in [0.1, 0.15) is 45.0 Å². The molecule has 0 atom stereocenters. The Morgan fingerprint density at radius 3 is 1.01 bits per heavy atom. The highest BCUT2D eigenvalue weighted by atomic mass is 32.1. The number of rotatable bonds is 4. The number of benzene rings is 20. The Bertz CT molecular complexity index is 10100. The number of nitrogens with zero attached hydrogens (tertiary/aromatic N) is 8. The molecule has 8 nitrogen and oxygen atoms in total.